The molecule has 0 fully saturated rings. The molecule has 4 rings (SSSR count). The number of benzene rings is 2. The average Bonchev–Trinajstić information content (AvgIpc) is 2.71. The van der Waals surface area contributed by atoms with E-state index in [-0.39, 0.29) is 11.7 Å². The van der Waals surface area contributed by atoms with Gasteiger partial charge >= 0.3 is 0 Å². The number of carbonyl (C=O) groups excluding carboxylic acids is 2. The summed E-state index contributed by atoms with van der Waals surface area (Å²) in [6.07, 6.45) is 4.26. The Kier molecular flexibility index (Phi) is 5.88. The first kappa shape index (κ1) is 19.9. The molecule has 1 aromatic heterocycles. The van der Waals surface area contributed by atoms with Crippen LogP contribution in [0.4, 0.5) is 5.69 Å². The first-order chi connectivity index (χ1) is 14.0. The van der Waals surface area contributed by atoms with Crippen LogP contribution < -0.4 is 5.32 Å². The number of fused-ring (bicyclic) bond motifs is 2. The van der Waals surface area contributed by atoms with E-state index in [0.29, 0.717) is 22.0 Å². The summed E-state index contributed by atoms with van der Waals surface area (Å²) in [7, 11) is 0. The van der Waals surface area contributed by atoms with E-state index in [0.717, 1.165) is 47.2 Å². The van der Waals surface area contributed by atoms with Gasteiger partial charge in [0.1, 0.15) is 0 Å². The predicted octanol–water partition coefficient (Wildman–Crippen LogP) is 5.70. The molecule has 3 aromatic rings. The standard InChI is InChI=1S/C23H21ClN2O2S/c1-14(27)15-6-9-17(10-7-15)25-22(28)13-29-23-18-4-2-3-5-20(18)26-21-12-16(24)8-11-19(21)23/h6-12H,2-5,13H2,1H3,(H,25,28). The number of ketones is 1. The number of aryl methyl sites for hydroxylation is 1. The van der Waals surface area contributed by atoms with Crippen LogP contribution in [-0.4, -0.2) is 22.4 Å². The molecule has 1 aliphatic carbocycles. The minimum atomic E-state index is -0.0749. The zero-order chi connectivity index (χ0) is 20.4. The van der Waals surface area contributed by atoms with Gasteiger partial charge in [0, 0.05) is 32.2 Å². The fourth-order valence-corrected chi connectivity index (χ4v) is 4.88. The molecular formula is C23H21ClN2O2S. The Morgan fingerprint density at radius 2 is 1.86 bits per heavy atom. The molecule has 0 radical (unpaired) electrons. The molecule has 0 saturated heterocycles. The number of aromatic nitrogens is 1. The molecule has 6 heteroatoms. The lowest BCUT2D eigenvalue weighted by Gasteiger charge is -2.20. The van der Waals surface area contributed by atoms with Crippen LogP contribution in [0.2, 0.25) is 5.02 Å². The van der Waals surface area contributed by atoms with Gasteiger partial charge < -0.3 is 5.32 Å². The zero-order valence-electron chi connectivity index (χ0n) is 16.1. The summed E-state index contributed by atoms with van der Waals surface area (Å²) >= 11 is 7.73. The van der Waals surface area contributed by atoms with Crippen LogP contribution in [0, 0.1) is 0 Å². The molecule has 0 bridgehead atoms. The van der Waals surface area contributed by atoms with Crippen molar-refractivity contribution >= 4 is 51.6 Å². The number of nitrogens with zero attached hydrogens (tertiary/aromatic N) is 1. The Balaban J connectivity index is 1.54. The topological polar surface area (TPSA) is 59.1 Å². The number of rotatable bonds is 5. The summed E-state index contributed by atoms with van der Waals surface area (Å²) in [5.41, 5.74) is 4.62. The number of carbonyl (C=O) groups is 2. The van der Waals surface area contributed by atoms with E-state index in [2.05, 4.69) is 5.32 Å². The van der Waals surface area contributed by atoms with Gasteiger partial charge in [-0.2, -0.15) is 0 Å². The van der Waals surface area contributed by atoms with Gasteiger partial charge in [0.15, 0.2) is 5.78 Å². The van der Waals surface area contributed by atoms with E-state index >= 15 is 0 Å². The molecule has 2 aromatic carbocycles. The van der Waals surface area contributed by atoms with Crippen LogP contribution >= 0.6 is 23.4 Å². The second kappa shape index (κ2) is 8.56. The Morgan fingerprint density at radius 3 is 2.62 bits per heavy atom. The van der Waals surface area contributed by atoms with E-state index in [9.17, 15) is 9.59 Å². The largest absolute Gasteiger partial charge is 0.325 e. The van der Waals surface area contributed by atoms with Gasteiger partial charge in [-0.1, -0.05) is 17.7 Å². The summed E-state index contributed by atoms with van der Waals surface area (Å²) in [5, 5.41) is 4.63. The average molecular weight is 425 g/mol. The number of pyridine rings is 1. The number of nitrogens with one attached hydrogen (secondary N) is 1. The van der Waals surface area contributed by atoms with Gasteiger partial charge in [0.25, 0.3) is 0 Å². The van der Waals surface area contributed by atoms with E-state index in [4.69, 9.17) is 16.6 Å². The molecule has 1 N–H and O–H groups in total. The summed E-state index contributed by atoms with van der Waals surface area (Å²) in [6.45, 7) is 1.52. The Hall–Kier alpha value is -2.37. The number of hydrogen-bond acceptors (Lipinski definition) is 4. The van der Waals surface area contributed by atoms with E-state index in [1.165, 1.54) is 12.5 Å². The second-order valence-corrected chi connectivity index (χ2v) is 8.63. The van der Waals surface area contributed by atoms with Gasteiger partial charge in [-0.05, 0) is 74.6 Å². The molecule has 0 unspecified atom stereocenters. The van der Waals surface area contributed by atoms with Crippen LogP contribution in [0.15, 0.2) is 47.4 Å². The highest BCUT2D eigenvalue weighted by molar-refractivity contribution is 8.00. The minimum Gasteiger partial charge on any atom is -0.325 e. The smallest absolute Gasteiger partial charge is 0.234 e. The van der Waals surface area contributed by atoms with Gasteiger partial charge in [-0.25, -0.2) is 0 Å². The van der Waals surface area contributed by atoms with Crippen LogP contribution in [0.1, 0.15) is 41.4 Å². The van der Waals surface area contributed by atoms with Crippen LogP contribution in [0.3, 0.4) is 0 Å². The maximum atomic E-state index is 12.5. The monoisotopic (exact) mass is 424 g/mol. The van der Waals surface area contributed by atoms with E-state index < -0.39 is 0 Å². The van der Waals surface area contributed by atoms with Crippen molar-refractivity contribution in [2.45, 2.75) is 37.5 Å². The molecular weight excluding hydrogens is 404 g/mol. The number of thioether (sulfide) groups is 1. The highest BCUT2D eigenvalue weighted by atomic mass is 35.5. The van der Waals surface area contributed by atoms with E-state index in [1.54, 1.807) is 36.0 Å². The summed E-state index contributed by atoms with van der Waals surface area (Å²) in [5.74, 6) is 0.241. The second-order valence-electron chi connectivity index (χ2n) is 7.21. The third kappa shape index (κ3) is 4.46. The van der Waals surface area contributed by atoms with Crippen molar-refractivity contribution in [1.82, 2.24) is 4.98 Å². The highest BCUT2D eigenvalue weighted by Crippen LogP contribution is 2.36. The quantitative estimate of drug-likeness (QED) is 0.421. The van der Waals surface area contributed by atoms with Crippen molar-refractivity contribution in [2.24, 2.45) is 0 Å². The summed E-state index contributed by atoms with van der Waals surface area (Å²) < 4.78 is 0. The zero-order valence-corrected chi connectivity index (χ0v) is 17.7. The van der Waals surface area contributed by atoms with Crippen molar-refractivity contribution < 1.29 is 9.59 Å². The molecule has 1 aliphatic rings. The van der Waals surface area contributed by atoms with Crippen molar-refractivity contribution in [3.05, 3.63) is 64.3 Å². The molecule has 0 atom stereocenters. The third-order valence-electron chi connectivity index (χ3n) is 5.10. The van der Waals surface area contributed by atoms with Crippen molar-refractivity contribution in [3.8, 4) is 0 Å². The molecule has 1 heterocycles. The minimum absolute atomic E-state index is 0.00729. The molecule has 29 heavy (non-hydrogen) atoms. The first-order valence-electron chi connectivity index (χ1n) is 9.66. The van der Waals surface area contributed by atoms with Crippen molar-refractivity contribution in [1.29, 1.82) is 0 Å². The van der Waals surface area contributed by atoms with Crippen molar-refractivity contribution in [3.63, 3.8) is 0 Å². The third-order valence-corrected chi connectivity index (χ3v) is 6.49. The predicted molar refractivity (Wildman–Crippen MR) is 119 cm³/mol. The first-order valence-corrected chi connectivity index (χ1v) is 11.0. The Labute approximate surface area is 179 Å². The van der Waals surface area contributed by atoms with Crippen LogP contribution in [0.5, 0.6) is 0 Å². The normalized spacial score (nSPS) is 13.2. The number of Topliss-reactive ketones (excluding diaryl/α,β-unsaturated/α-hetero) is 1. The molecule has 0 saturated carbocycles. The lowest BCUT2D eigenvalue weighted by atomic mass is 9.94. The van der Waals surface area contributed by atoms with Crippen molar-refractivity contribution in [2.75, 3.05) is 11.1 Å². The maximum Gasteiger partial charge on any atom is 0.234 e. The maximum absolute atomic E-state index is 12.5. The lowest BCUT2D eigenvalue weighted by Crippen LogP contribution is -2.15. The van der Waals surface area contributed by atoms with Crippen LogP contribution in [0.25, 0.3) is 10.9 Å². The van der Waals surface area contributed by atoms with E-state index in [1.807, 2.05) is 18.2 Å². The fraction of sp³-hybridized carbons (Fsp3) is 0.261. The number of halogens is 1. The lowest BCUT2D eigenvalue weighted by molar-refractivity contribution is -0.113. The Morgan fingerprint density at radius 1 is 1.10 bits per heavy atom. The SMILES string of the molecule is CC(=O)c1ccc(NC(=O)CSc2c3c(nc4cc(Cl)ccc24)CCCC3)cc1. The van der Waals surface area contributed by atoms with Crippen LogP contribution in [-0.2, 0) is 17.6 Å². The summed E-state index contributed by atoms with van der Waals surface area (Å²) in [6, 6.07) is 12.7. The fourth-order valence-electron chi connectivity index (χ4n) is 3.64. The van der Waals surface area contributed by atoms with Gasteiger partial charge in [0.05, 0.1) is 11.3 Å². The molecule has 148 valence electrons. The summed E-state index contributed by atoms with van der Waals surface area (Å²) in [4.78, 5) is 29.9. The van der Waals surface area contributed by atoms with Gasteiger partial charge in [-0.15, -0.1) is 11.8 Å². The highest BCUT2D eigenvalue weighted by Gasteiger charge is 2.19. The molecule has 1 amide bonds. The number of amides is 1. The molecule has 0 spiro atoms. The number of anilines is 1. The van der Waals surface area contributed by atoms with Gasteiger partial charge in [-0.3, -0.25) is 14.6 Å². The molecule has 4 nitrogen and oxygen atoms in total. The number of hydrogen-bond donors (Lipinski definition) is 1. The van der Waals surface area contributed by atoms with Gasteiger partial charge in [0.2, 0.25) is 5.91 Å². The molecule has 0 aliphatic heterocycles. The Bertz CT molecular complexity index is 1100.